The molecule has 0 aliphatic heterocycles. The Balaban J connectivity index is 2.27. The van der Waals surface area contributed by atoms with E-state index in [4.69, 9.17) is 0 Å². The lowest BCUT2D eigenvalue weighted by molar-refractivity contribution is 0.392. The topological polar surface area (TPSA) is 0 Å². The lowest BCUT2D eigenvalue weighted by atomic mass is 9.73. The van der Waals surface area contributed by atoms with Crippen LogP contribution in [0, 0.1) is 12.8 Å². The molecule has 2 aliphatic rings. The van der Waals surface area contributed by atoms with Crippen molar-refractivity contribution in [2.24, 2.45) is 5.92 Å². The van der Waals surface area contributed by atoms with E-state index in [0.29, 0.717) is 17.3 Å². The van der Waals surface area contributed by atoms with Gasteiger partial charge >= 0.3 is 0 Å². The predicted molar refractivity (Wildman–Crippen MR) is 64.2 cm³/mol. The largest absolute Gasteiger partial charge is 0.0800 e. The fourth-order valence-corrected chi connectivity index (χ4v) is 3.50. The molecule has 0 spiro atoms. The van der Waals surface area contributed by atoms with Crippen molar-refractivity contribution in [3.8, 4) is 0 Å². The highest BCUT2D eigenvalue weighted by atomic mass is 14.5. The zero-order valence-electron chi connectivity index (χ0n) is 9.75. The summed E-state index contributed by atoms with van der Waals surface area (Å²) < 4.78 is 0. The molecule has 0 nitrogen and oxygen atoms in total. The number of benzene rings is 1. The number of rotatable bonds is 1. The van der Waals surface area contributed by atoms with Crippen LogP contribution in [-0.4, -0.2) is 0 Å². The van der Waals surface area contributed by atoms with Crippen LogP contribution in [0.4, 0.5) is 0 Å². The highest BCUT2D eigenvalue weighted by Gasteiger charge is 2.47. The molecule has 2 unspecified atom stereocenters. The van der Waals surface area contributed by atoms with Gasteiger partial charge in [0.25, 0.3) is 0 Å². The van der Waals surface area contributed by atoms with Crippen molar-refractivity contribution in [3.05, 3.63) is 47.0 Å². The highest BCUT2D eigenvalue weighted by molar-refractivity contribution is 5.55. The summed E-state index contributed by atoms with van der Waals surface area (Å²) in [5.74, 6) is 1.41. The van der Waals surface area contributed by atoms with Crippen LogP contribution in [-0.2, 0) is 5.41 Å². The van der Waals surface area contributed by atoms with E-state index in [1.165, 1.54) is 12.0 Å². The second-order valence-corrected chi connectivity index (χ2v) is 5.40. The third-order valence-corrected chi connectivity index (χ3v) is 4.41. The zero-order valence-corrected chi connectivity index (χ0v) is 9.75. The number of hydrogen-bond acceptors (Lipinski definition) is 0. The third kappa shape index (κ3) is 0.975. The maximum absolute atomic E-state index is 2.46. The van der Waals surface area contributed by atoms with E-state index in [2.05, 4.69) is 51.1 Å². The first kappa shape index (κ1) is 9.21. The van der Waals surface area contributed by atoms with Gasteiger partial charge in [-0.25, -0.2) is 0 Å². The average Bonchev–Trinajstić information content (AvgIpc) is 2.75. The van der Waals surface area contributed by atoms with Gasteiger partial charge in [0.15, 0.2) is 0 Å². The lowest BCUT2D eigenvalue weighted by Crippen LogP contribution is -2.25. The van der Waals surface area contributed by atoms with Crippen molar-refractivity contribution in [1.82, 2.24) is 0 Å². The summed E-state index contributed by atoms with van der Waals surface area (Å²) in [6.07, 6.45) is 6.20. The van der Waals surface area contributed by atoms with Crippen molar-refractivity contribution in [3.63, 3.8) is 0 Å². The van der Waals surface area contributed by atoms with Crippen molar-refractivity contribution < 1.29 is 0 Å². The Morgan fingerprint density at radius 1 is 1.33 bits per heavy atom. The normalized spacial score (nSPS) is 31.3. The first-order chi connectivity index (χ1) is 7.15. The van der Waals surface area contributed by atoms with Gasteiger partial charge in [0.2, 0.25) is 0 Å². The molecule has 0 aromatic heterocycles. The quantitative estimate of drug-likeness (QED) is 0.599. The van der Waals surface area contributed by atoms with Gasteiger partial charge in [0.1, 0.15) is 0 Å². The molecule has 0 fully saturated rings. The molecule has 1 aromatic carbocycles. The Hall–Kier alpha value is -1.04. The number of fused-ring (bicyclic) bond motifs is 5. The maximum Gasteiger partial charge on any atom is 0.0167 e. The summed E-state index contributed by atoms with van der Waals surface area (Å²) in [6, 6.07) is 6.81. The molecular weight excluding hydrogens is 180 g/mol. The Bertz CT molecular complexity index is 439. The van der Waals surface area contributed by atoms with Crippen LogP contribution in [0.2, 0.25) is 0 Å². The van der Waals surface area contributed by atoms with E-state index in [0.717, 1.165) is 0 Å². The maximum atomic E-state index is 2.46. The molecule has 2 atom stereocenters. The van der Waals surface area contributed by atoms with Gasteiger partial charge in [-0.15, -0.1) is 0 Å². The fourth-order valence-electron chi connectivity index (χ4n) is 3.50. The Kier molecular flexibility index (Phi) is 1.69. The minimum Gasteiger partial charge on any atom is -0.0800 e. The minimum absolute atomic E-state index is 0.353. The van der Waals surface area contributed by atoms with Crippen LogP contribution in [0.5, 0.6) is 0 Å². The van der Waals surface area contributed by atoms with E-state index in [1.54, 1.807) is 11.1 Å². The van der Waals surface area contributed by atoms with Crippen molar-refractivity contribution in [2.75, 3.05) is 0 Å². The van der Waals surface area contributed by atoms with Crippen LogP contribution >= 0.6 is 0 Å². The molecule has 2 aliphatic carbocycles. The van der Waals surface area contributed by atoms with Crippen LogP contribution in [0.15, 0.2) is 30.4 Å². The molecule has 3 rings (SSSR count). The molecule has 0 heterocycles. The Morgan fingerprint density at radius 3 is 2.87 bits per heavy atom. The third-order valence-electron chi connectivity index (χ3n) is 4.41. The lowest BCUT2D eigenvalue weighted by Gasteiger charge is -2.30. The van der Waals surface area contributed by atoms with Crippen molar-refractivity contribution >= 4 is 0 Å². The summed E-state index contributed by atoms with van der Waals surface area (Å²) in [7, 11) is 0. The van der Waals surface area contributed by atoms with Crippen LogP contribution in [0.25, 0.3) is 0 Å². The van der Waals surface area contributed by atoms with E-state index in [9.17, 15) is 0 Å². The van der Waals surface area contributed by atoms with Crippen LogP contribution < -0.4 is 0 Å². The Labute approximate surface area is 92.0 Å². The van der Waals surface area contributed by atoms with Gasteiger partial charge in [0.05, 0.1) is 0 Å². The van der Waals surface area contributed by atoms with E-state index >= 15 is 0 Å². The second kappa shape index (κ2) is 2.75. The molecule has 78 valence electrons. The molecule has 1 aromatic rings. The van der Waals surface area contributed by atoms with E-state index in [1.807, 2.05) is 0 Å². The Morgan fingerprint density at radius 2 is 2.13 bits per heavy atom. The second-order valence-electron chi connectivity index (χ2n) is 5.40. The van der Waals surface area contributed by atoms with Crippen molar-refractivity contribution in [2.45, 2.75) is 38.5 Å². The molecular formula is C15H18. The van der Waals surface area contributed by atoms with Gasteiger partial charge in [-0.05, 0) is 36.0 Å². The van der Waals surface area contributed by atoms with Crippen LogP contribution in [0.3, 0.4) is 0 Å². The average molecular weight is 198 g/mol. The molecule has 0 saturated carbocycles. The molecule has 0 radical (unpaired) electrons. The van der Waals surface area contributed by atoms with Gasteiger partial charge in [0, 0.05) is 11.3 Å². The molecule has 0 N–H and O–H groups in total. The number of aryl methyl sites for hydroxylation is 1. The molecule has 0 saturated heterocycles. The van der Waals surface area contributed by atoms with Gasteiger partial charge < -0.3 is 0 Å². The standard InChI is InChI=1S/C15H18/c1-10(2)15-8-7-12(9-15)14-11(3)5-4-6-13(14)15/h4-8,10,12H,9H2,1-3H3. The SMILES string of the molecule is Cc1cccc2c1C1C=CC2(C(C)C)C1. The van der Waals surface area contributed by atoms with Gasteiger partial charge in [-0.3, -0.25) is 0 Å². The van der Waals surface area contributed by atoms with E-state index < -0.39 is 0 Å². The summed E-state index contributed by atoms with van der Waals surface area (Å²) >= 11 is 0. The first-order valence-corrected chi connectivity index (χ1v) is 5.94. The number of allylic oxidation sites excluding steroid dienone is 2. The monoisotopic (exact) mass is 198 g/mol. The zero-order chi connectivity index (χ0) is 10.6. The summed E-state index contributed by atoms with van der Waals surface area (Å²) in [6.45, 7) is 6.95. The predicted octanol–water partition coefficient (Wildman–Crippen LogP) is 3.95. The summed E-state index contributed by atoms with van der Waals surface area (Å²) in [5, 5.41) is 0. The molecule has 2 bridgehead atoms. The molecule has 0 heteroatoms. The van der Waals surface area contributed by atoms with Gasteiger partial charge in [-0.1, -0.05) is 44.2 Å². The fraction of sp³-hybridized carbons (Fsp3) is 0.467. The highest BCUT2D eigenvalue weighted by Crippen LogP contribution is 2.56. The summed E-state index contributed by atoms with van der Waals surface area (Å²) in [5.41, 5.74) is 5.05. The van der Waals surface area contributed by atoms with Gasteiger partial charge in [-0.2, -0.15) is 0 Å². The van der Waals surface area contributed by atoms with E-state index in [-0.39, 0.29) is 0 Å². The number of hydrogen-bond donors (Lipinski definition) is 0. The molecule has 15 heavy (non-hydrogen) atoms. The van der Waals surface area contributed by atoms with Crippen molar-refractivity contribution in [1.29, 1.82) is 0 Å². The first-order valence-electron chi connectivity index (χ1n) is 5.94. The smallest absolute Gasteiger partial charge is 0.0167 e. The molecule has 0 amide bonds. The van der Waals surface area contributed by atoms with Crippen LogP contribution in [0.1, 0.15) is 42.9 Å². The summed E-state index contributed by atoms with van der Waals surface area (Å²) in [4.78, 5) is 0. The minimum atomic E-state index is 0.353.